The molecule has 0 amide bonds. The Morgan fingerprint density at radius 2 is 2.00 bits per heavy atom. The third-order valence-electron chi connectivity index (χ3n) is 2.92. The van der Waals surface area contributed by atoms with Crippen LogP contribution in [-0.2, 0) is 0 Å². The highest BCUT2D eigenvalue weighted by Gasteiger charge is 2.16. The first kappa shape index (κ1) is 9.66. The van der Waals surface area contributed by atoms with Gasteiger partial charge in [0.05, 0.1) is 0 Å². The van der Waals surface area contributed by atoms with Gasteiger partial charge in [0.2, 0.25) is 0 Å². The summed E-state index contributed by atoms with van der Waals surface area (Å²) in [6.45, 7) is 2.09. The molecular formula is C12H16FN. The van der Waals surface area contributed by atoms with Gasteiger partial charge in [-0.3, -0.25) is 0 Å². The predicted octanol–water partition coefficient (Wildman–Crippen LogP) is 2.68. The van der Waals surface area contributed by atoms with Crippen LogP contribution in [0.4, 0.5) is 4.39 Å². The number of benzene rings is 1. The number of hydrogen-bond donors (Lipinski definition) is 1. The number of hydrogen-bond acceptors (Lipinski definition) is 1. The molecule has 2 heteroatoms. The van der Waals surface area contributed by atoms with Crippen molar-refractivity contribution in [2.24, 2.45) is 0 Å². The van der Waals surface area contributed by atoms with Crippen LogP contribution in [0.2, 0.25) is 0 Å². The minimum absolute atomic E-state index is 0.0422. The molecular weight excluding hydrogens is 177 g/mol. The molecule has 1 N–H and O–H groups in total. The summed E-state index contributed by atoms with van der Waals surface area (Å²) < 4.78 is 13.5. The second kappa shape index (κ2) is 4.56. The van der Waals surface area contributed by atoms with Crippen LogP contribution in [0.15, 0.2) is 24.3 Å². The zero-order valence-electron chi connectivity index (χ0n) is 8.30. The second-order valence-corrected chi connectivity index (χ2v) is 3.90. The second-order valence-electron chi connectivity index (χ2n) is 3.90. The molecule has 76 valence electrons. The van der Waals surface area contributed by atoms with Gasteiger partial charge in [-0.25, -0.2) is 4.39 Å². The smallest absolute Gasteiger partial charge is 0.126 e. The molecule has 14 heavy (non-hydrogen) atoms. The lowest BCUT2D eigenvalue weighted by molar-refractivity contribution is 0.545. The molecule has 0 bridgehead atoms. The van der Waals surface area contributed by atoms with Crippen LogP contribution in [0.3, 0.4) is 0 Å². The summed E-state index contributed by atoms with van der Waals surface area (Å²) in [6, 6.07) is 7.17. The quantitative estimate of drug-likeness (QED) is 0.723. The maximum atomic E-state index is 13.5. The predicted molar refractivity (Wildman–Crippen MR) is 55.9 cm³/mol. The minimum atomic E-state index is -0.0422. The fourth-order valence-electron chi connectivity index (χ4n) is 2.14. The average molecular weight is 193 g/mol. The van der Waals surface area contributed by atoms with Crippen molar-refractivity contribution in [3.8, 4) is 0 Å². The Kier molecular flexibility index (Phi) is 3.14. The van der Waals surface area contributed by atoms with Crippen LogP contribution < -0.4 is 5.32 Å². The van der Waals surface area contributed by atoms with E-state index in [1.54, 1.807) is 12.1 Å². The summed E-state index contributed by atoms with van der Waals surface area (Å²) in [5, 5.41) is 3.34. The molecule has 1 saturated heterocycles. The SMILES string of the molecule is Fc1ccccc1C1CCCNCC1. The van der Waals surface area contributed by atoms with Gasteiger partial charge in [0.25, 0.3) is 0 Å². The summed E-state index contributed by atoms with van der Waals surface area (Å²) in [4.78, 5) is 0. The normalized spacial score (nSPS) is 23.1. The molecule has 1 unspecified atom stereocenters. The summed E-state index contributed by atoms with van der Waals surface area (Å²) in [7, 11) is 0. The van der Waals surface area contributed by atoms with Crippen LogP contribution in [0, 0.1) is 5.82 Å². The van der Waals surface area contributed by atoms with Gasteiger partial charge in [-0.05, 0) is 49.9 Å². The molecule has 0 saturated carbocycles. The van der Waals surface area contributed by atoms with Crippen LogP contribution in [0.5, 0.6) is 0 Å². The van der Waals surface area contributed by atoms with Gasteiger partial charge in [0.15, 0.2) is 0 Å². The van der Waals surface area contributed by atoms with Crippen molar-refractivity contribution in [2.45, 2.75) is 25.2 Å². The van der Waals surface area contributed by atoms with Gasteiger partial charge in [-0.15, -0.1) is 0 Å². The van der Waals surface area contributed by atoms with Crippen molar-refractivity contribution in [1.29, 1.82) is 0 Å². The molecule has 1 atom stereocenters. The first-order chi connectivity index (χ1) is 6.88. The highest BCUT2D eigenvalue weighted by Crippen LogP contribution is 2.27. The van der Waals surface area contributed by atoms with E-state index in [0.29, 0.717) is 5.92 Å². The van der Waals surface area contributed by atoms with E-state index in [1.807, 2.05) is 12.1 Å². The van der Waals surface area contributed by atoms with E-state index in [4.69, 9.17) is 0 Å². The summed E-state index contributed by atoms with van der Waals surface area (Å²) in [5.41, 5.74) is 0.899. The summed E-state index contributed by atoms with van der Waals surface area (Å²) >= 11 is 0. The van der Waals surface area contributed by atoms with Crippen molar-refractivity contribution >= 4 is 0 Å². The van der Waals surface area contributed by atoms with E-state index in [1.165, 1.54) is 0 Å². The topological polar surface area (TPSA) is 12.0 Å². The Balaban J connectivity index is 2.16. The summed E-state index contributed by atoms with van der Waals surface area (Å²) in [6.07, 6.45) is 3.31. The Labute approximate surface area is 84.3 Å². The van der Waals surface area contributed by atoms with Crippen molar-refractivity contribution in [3.63, 3.8) is 0 Å². The molecule has 1 aliphatic heterocycles. The van der Waals surface area contributed by atoms with Crippen molar-refractivity contribution in [1.82, 2.24) is 5.32 Å². The molecule has 1 aromatic rings. The highest BCUT2D eigenvalue weighted by atomic mass is 19.1. The monoisotopic (exact) mass is 193 g/mol. The lowest BCUT2D eigenvalue weighted by Crippen LogP contribution is -2.13. The van der Waals surface area contributed by atoms with Gasteiger partial charge in [-0.1, -0.05) is 18.2 Å². The zero-order chi connectivity index (χ0) is 9.80. The zero-order valence-corrected chi connectivity index (χ0v) is 8.30. The third kappa shape index (κ3) is 2.13. The molecule has 2 rings (SSSR count). The largest absolute Gasteiger partial charge is 0.317 e. The van der Waals surface area contributed by atoms with E-state index in [-0.39, 0.29) is 5.82 Å². The summed E-state index contributed by atoms with van der Waals surface area (Å²) in [5.74, 6) is 0.366. The molecule has 1 aliphatic rings. The fourth-order valence-corrected chi connectivity index (χ4v) is 2.14. The van der Waals surface area contributed by atoms with Crippen LogP contribution in [-0.4, -0.2) is 13.1 Å². The lowest BCUT2D eigenvalue weighted by atomic mass is 9.92. The Morgan fingerprint density at radius 1 is 1.14 bits per heavy atom. The van der Waals surface area contributed by atoms with Gasteiger partial charge in [0.1, 0.15) is 5.82 Å². The highest BCUT2D eigenvalue weighted by molar-refractivity contribution is 5.21. The van der Waals surface area contributed by atoms with Gasteiger partial charge in [0, 0.05) is 0 Å². The van der Waals surface area contributed by atoms with Crippen LogP contribution in [0.25, 0.3) is 0 Å². The Bertz CT molecular complexity index is 290. The van der Waals surface area contributed by atoms with Crippen molar-refractivity contribution < 1.29 is 4.39 Å². The third-order valence-corrected chi connectivity index (χ3v) is 2.92. The standard InChI is InChI=1S/C12H16FN/c13-12-6-2-1-5-11(12)10-4-3-8-14-9-7-10/h1-2,5-6,10,14H,3-4,7-9H2. The van der Waals surface area contributed by atoms with Crippen molar-refractivity contribution in [3.05, 3.63) is 35.6 Å². The van der Waals surface area contributed by atoms with Gasteiger partial charge >= 0.3 is 0 Å². The van der Waals surface area contributed by atoms with Crippen LogP contribution in [0.1, 0.15) is 30.7 Å². The van der Waals surface area contributed by atoms with Crippen molar-refractivity contribution in [2.75, 3.05) is 13.1 Å². The number of nitrogens with one attached hydrogen (secondary N) is 1. The molecule has 1 fully saturated rings. The Hall–Kier alpha value is -0.890. The van der Waals surface area contributed by atoms with E-state index < -0.39 is 0 Å². The maximum absolute atomic E-state index is 13.5. The molecule has 0 radical (unpaired) electrons. The molecule has 0 spiro atoms. The fraction of sp³-hybridized carbons (Fsp3) is 0.500. The van der Waals surface area contributed by atoms with Gasteiger partial charge in [-0.2, -0.15) is 0 Å². The number of rotatable bonds is 1. The molecule has 0 aromatic heterocycles. The van der Waals surface area contributed by atoms with E-state index in [2.05, 4.69) is 5.32 Å². The molecule has 1 nitrogen and oxygen atoms in total. The van der Waals surface area contributed by atoms with Crippen LogP contribution >= 0.6 is 0 Å². The van der Waals surface area contributed by atoms with E-state index >= 15 is 0 Å². The molecule has 0 aliphatic carbocycles. The molecule has 1 aromatic carbocycles. The number of halogens is 1. The average Bonchev–Trinajstić information content (AvgIpc) is 2.47. The van der Waals surface area contributed by atoms with E-state index in [9.17, 15) is 4.39 Å². The maximum Gasteiger partial charge on any atom is 0.126 e. The van der Waals surface area contributed by atoms with E-state index in [0.717, 1.165) is 37.9 Å². The minimum Gasteiger partial charge on any atom is -0.317 e. The molecule has 1 heterocycles. The van der Waals surface area contributed by atoms with Gasteiger partial charge < -0.3 is 5.32 Å². The first-order valence-electron chi connectivity index (χ1n) is 5.33. The first-order valence-corrected chi connectivity index (χ1v) is 5.33. The lowest BCUT2D eigenvalue weighted by Gasteiger charge is -2.14. The Morgan fingerprint density at radius 3 is 2.86 bits per heavy atom.